The Morgan fingerprint density at radius 2 is 1.65 bits per heavy atom. The maximum absolute atomic E-state index is 13.3. The van der Waals surface area contributed by atoms with Gasteiger partial charge in [-0.1, -0.05) is 57.3 Å². The molecule has 0 spiro atoms. The smallest absolute Gasteiger partial charge is 0.335 e. The van der Waals surface area contributed by atoms with Crippen LogP contribution >= 0.6 is 39.1 Å². The molecule has 6 nitrogen and oxygen atoms in total. The monoisotopic (exact) mass is 558 g/mol. The Morgan fingerprint density at radius 1 is 0.971 bits per heavy atom. The SMILES string of the molecule is Cc1ccc(Cl)cc1N1C(=O)NC(=O)/C(=C\c2cc(Cl)ccc2OCc2ccc(Br)cc2)C1=O. The summed E-state index contributed by atoms with van der Waals surface area (Å²) in [5.74, 6) is -1.18. The van der Waals surface area contributed by atoms with E-state index in [0.29, 0.717) is 26.9 Å². The quantitative estimate of drug-likeness (QED) is 0.293. The number of rotatable bonds is 5. The van der Waals surface area contributed by atoms with Gasteiger partial charge in [0.1, 0.15) is 17.9 Å². The number of halogens is 3. The van der Waals surface area contributed by atoms with Crippen LogP contribution in [0.2, 0.25) is 10.0 Å². The Hall–Kier alpha value is -3.13. The summed E-state index contributed by atoms with van der Waals surface area (Å²) >= 11 is 15.6. The third kappa shape index (κ3) is 5.17. The minimum absolute atomic E-state index is 0.241. The third-order valence-electron chi connectivity index (χ3n) is 5.09. The predicted molar refractivity (Wildman–Crippen MR) is 135 cm³/mol. The van der Waals surface area contributed by atoms with Crippen molar-refractivity contribution in [3.63, 3.8) is 0 Å². The van der Waals surface area contributed by atoms with E-state index >= 15 is 0 Å². The minimum Gasteiger partial charge on any atom is -0.488 e. The third-order valence-corrected chi connectivity index (χ3v) is 6.09. The number of hydrogen-bond donors (Lipinski definition) is 1. The van der Waals surface area contributed by atoms with Crippen molar-refractivity contribution in [2.24, 2.45) is 0 Å². The molecule has 0 saturated carbocycles. The minimum atomic E-state index is -0.852. The number of nitrogens with zero attached hydrogens (tertiary/aromatic N) is 1. The van der Waals surface area contributed by atoms with Gasteiger partial charge in [-0.15, -0.1) is 0 Å². The molecule has 172 valence electrons. The number of carbonyl (C=O) groups excluding carboxylic acids is 3. The van der Waals surface area contributed by atoms with E-state index in [1.165, 1.54) is 12.1 Å². The van der Waals surface area contributed by atoms with Gasteiger partial charge in [-0.3, -0.25) is 14.9 Å². The van der Waals surface area contributed by atoms with Crippen molar-refractivity contribution in [3.8, 4) is 5.75 Å². The zero-order valence-corrected chi connectivity index (χ0v) is 20.9. The van der Waals surface area contributed by atoms with Gasteiger partial charge in [-0.25, -0.2) is 9.69 Å². The Kier molecular flexibility index (Phi) is 7.07. The van der Waals surface area contributed by atoms with Gasteiger partial charge in [0.2, 0.25) is 0 Å². The molecule has 0 unspecified atom stereocenters. The molecule has 1 saturated heterocycles. The molecule has 0 bridgehead atoms. The lowest BCUT2D eigenvalue weighted by Gasteiger charge is -2.27. The van der Waals surface area contributed by atoms with E-state index < -0.39 is 17.8 Å². The van der Waals surface area contributed by atoms with Gasteiger partial charge in [0.15, 0.2) is 0 Å². The number of barbiturate groups is 1. The van der Waals surface area contributed by atoms with E-state index in [1.54, 1.807) is 37.3 Å². The highest BCUT2D eigenvalue weighted by atomic mass is 79.9. The first kappa shape index (κ1) is 24.0. The van der Waals surface area contributed by atoms with Crippen LogP contribution in [0.15, 0.2) is 70.7 Å². The zero-order valence-electron chi connectivity index (χ0n) is 17.8. The maximum atomic E-state index is 13.3. The zero-order chi connectivity index (χ0) is 24.4. The Morgan fingerprint density at radius 3 is 2.38 bits per heavy atom. The molecule has 1 aliphatic rings. The molecule has 4 rings (SSSR count). The van der Waals surface area contributed by atoms with Crippen molar-refractivity contribution >= 4 is 68.7 Å². The standard InChI is InChI=1S/C25H17BrCl2N2O4/c1-14-2-7-19(28)12-21(14)30-24(32)20(23(31)29-25(30)33)11-16-10-18(27)8-9-22(16)34-13-15-3-5-17(26)6-4-15/h2-12H,13H2,1H3,(H,29,31,33)/b20-11+. The lowest BCUT2D eigenvalue weighted by molar-refractivity contribution is -0.122. The molecule has 1 heterocycles. The Labute approximate surface area is 214 Å². The van der Waals surface area contributed by atoms with Crippen molar-refractivity contribution in [2.75, 3.05) is 4.90 Å². The molecule has 0 radical (unpaired) electrons. The number of anilines is 1. The molecular formula is C25H17BrCl2N2O4. The van der Waals surface area contributed by atoms with Crippen LogP contribution in [-0.4, -0.2) is 17.8 Å². The first-order chi connectivity index (χ1) is 16.2. The number of imide groups is 2. The topological polar surface area (TPSA) is 75.7 Å². The first-order valence-corrected chi connectivity index (χ1v) is 11.6. The second-order valence-corrected chi connectivity index (χ2v) is 9.27. The van der Waals surface area contributed by atoms with Crippen LogP contribution in [0.1, 0.15) is 16.7 Å². The van der Waals surface area contributed by atoms with Gasteiger partial charge < -0.3 is 4.74 Å². The molecule has 34 heavy (non-hydrogen) atoms. The van der Waals surface area contributed by atoms with Gasteiger partial charge in [-0.2, -0.15) is 0 Å². The van der Waals surface area contributed by atoms with E-state index in [0.717, 1.165) is 14.9 Å². The Bertz CT molecular complexity index is 1340. The Balaban J connectivity index is 1.69. The van der Waals surface area contributed by atoms with Gasteiger partial charge in [0, 0.05) is 20.1 Å². The van der Waals surface area contributed by atoms with Crippen LogP contribution in [0.3, 0.4) is 0 Å². The number of hydrogen-bond acceptors (Lipinski definition) is 4. The van der Waals surface area contributed by atoms with Crippen LogP contribution in [0.4, 0.5) is 10.5 Å². The second-order valence-electron chi connectivity index (χ2n) is 7.49. The van der Waals surface area contributed by atoms with Crippen molar-refractivity contribution in [3.05, 3.63) is 97.4 Å². The van der Waals surface area contributed by atoms with E-state index in [9.17, 15) is 14.4 Å². The molecule has 4 amide bonds. The molecule has 9 heteroatoms. The van der Waals surface area contributed by atoms with Crippen LogP contribution in [0.25, 0.3) is 6.08 Å². The van der Waals surface area contributed by atoms with Crippen LogP contribution in [-0.2, 0) is 16.2 Å². The number of amides is 4. The second kappa shape index (κ2) is 10.0. The van der Waals surface area contributed by atoms with Gasteiger partial charge in [0.05, 0.1) is 5.69 Å². The summed E-state index contributed by atoms with van der Waals surface area (Å²) in [5, 5.41) is 2.95. The molecule has 1 aliphatic heterocycles. The number of benzene rings is 3. The summed E-state index contributed by atoms with van der Waals surface area (Å²) in [7, 11) is 0. The van der Waals surface area contributed by atoms with E-state index in [-0.39, 0.29) is 17.9 Å². The van der Waals surface area contributed by atoms with E-state index in [1.807, 2.05) is 24.3 Å². The van der Waals surface area contributed by atoms with E-state index in [4.69, 9.17) is 27.9 Å². The van der Waals surface area contributed by atoms with Crippen LogP contribution < -0.4 is 15.0 Å². The lowest BCUT2D eigenvalue weighted by atomic mass is 10.0. The molecule has 0 aromatic heterocycles. The predicted octanol–water partition coefficient (Wildman–Crippen LogP) is 6.31. The number of urea groups is 1. The fourth-order valence-corrected chi connectivity index (χ4v) is 3.97. The lowest BCUT2D eigenvalue weighted by Crippen LogP contribution is -2.54. The summed E-state index contributed by atoms with van der Waals surface area (Å²) in [6.45, 7) is 1.99. The molecular weight excluding hydrogens is 543 g/mol. The highest BCUT2D eigenvalue weighted by molar-refractivity contribution is 9.10. The number of nitrogens with one attached hydrogen (secondary N) is 1. The molecule has 3 aromatic carbocycles. The largest absolute Gasteiger partial charge is 0.488 e. The summed E-state index contributed by atoms with van der Waals surface area (Å²) in [6, 6.07) is 16.5. The number of aryl methyl sites for hydroxylation is 1. The van der Waals surface area contributed by atoms with E-state index in [2.05, 4.69) is 21.2 Å². The highest BCUT2D eigenvalue weighted by Gasteiger charge is 2.37. The van der Waals surface area contributed by atoms with Gasteiger partial charge >= 0.3 is 6.03 Å². The average Bonchev–Trinajstić information content (AvgIpc) is 2.79. The first-order valence-electron chi connectivity index (χ1n) is 10.1. The summed E-state index contributed by atoms with van der Waals surface area (Å²) in [5.41, 5.74) is 2.03. The average molecular weight is 560 g/mol. The maximum Gasteiger partial charge on any atom is 0.335 e. The fraction of sp³-hybridized carbons (Fsp3) is 0.0800. The van der Waals surface area contributed by atoms with Crippen molar-refractivity contribution in [2.45, 2.75) is 13.5 Å². The van der Waals surface area contributed by atoms with Crippen molar-refractivity contribution in [1.82, 2.24) is 5.32 Å². The normalized spacial score (nSPS) is 15.0. The van der Waals surface area contributed by atoms with Crippen molar-refractivity contribution in [1.29, 1.82) is 0 Å². The molecule has 1 fully saturated rings. The summed E-state index contributed by atoms with van der Waals surface area (Å²) in [4.78, 5) is 39.3. The van der Waals surface area contributed by atoms with Crippen LogP contribution in [0.5, 0.6) is 5.75 Å². The van der Waals surface area contributed by atoms with Gasteiger partial charge in [-0.05, 0) is 66.6 Å². The van der Waals surface area contributed by atoms with Crippen molar-refractivity contribution < 1.29 is 19.1 Å². The molecule has 0 aliphatic carbocycles. The fourth-order valence-electron chi connectivity index (χ4n) is 3.36. The summed E-state index contributed by atoms with van der Waals surface area (Å²) in [6.07, 6.45) is 1.36. The highest BCUT2D eigenvalue weighted by Crippen LogP contribution is 2.30. The number of carbonyl (C=O) groups is 3. The molecule has 1 N–H and O–H groups in total. The molecule has 3 aromatic rings. The number of ether oxygens (including phenoxy) is 1. The van der Waals surface area contributed by atoms with Crippen LogP contribution in [0, 0.1) is 6.92 Å². The summed E-state index contributed by atoms with van der Waals surface area (Å²) < 4.78 is 6.89. The van der Waals surface area contributed by atoms with Gasteiger partial charge in [0.25, 0.3) is 11.8 Å². The molecule has 0 atom stereocenters.